The van der Waals surface area contributed by atoms with Gasteiger partial charge in [-0.2, -0.15) is 0 Å². The average Bonchev–Trinajstić information content (AvgIpc) is 2.77. The van der Waals surface area contributed by atoms with Crippen LogP contribution in [0.5, 0.6) is 0 Å². The minimum absolute atomic E-state index is 0.795. The van der Waals surface area contributed by atoms with Gasteiger partial charge in [-0.15, -0.1) is 0 Å². The second-order valence-electron chi connectivity index (χ2n) is 6.97. The van der Waals surface area contributed by atoms with Gasteiger partial charge in [0.1, 0.15) is 5.82 Å². The Morgan fingerprint density at radius 3 is 2.52 bits per heavy atom. The van der Waals surface area contributed by atoms with Crippen molar-refractivity contribution in [2.75, 3.05) is 23.3 Å². The molecule has 0 saturated carbocycles. The van der Waals surface area contributed by atoms with E-state index in [1.165, 1.54) is 11.1 Å². The fraction of sp³-hybridized carbons (Fsp3) is 0.167. The molecule has 4 nitrogen and oxygen atoms in total. The van der Waals surface area contributed by atoms with Gasteiger partial charge in [-0.25, -0.2) is 4.98 Å². The first-order chi connectivity index (χ1) is 14.2. The molecule has 0 bridgehead atoms. The van der Waals surface area contributed by atoms with Gasteiger partial charge in [0.05, 0.1) is 5.52 Å². The van der Waals surface area contributed by atoms with Crippen LogP contribution in [0, 0.1) is 6.92 Å². The van der Waals surface area contributed by atoms with E-state index >= 15 is 0 Å². The first-order valence-electron chi connectivity index (χ1n) is 9.70. The van der Waals surface area contributed by atoms with Crippen molar-refractivity contribution in [3.63, 3.8) is 0 Å². The van der Waals surface area contributed by atoms with Crippen molar-refractivity contribution < 1.29 is 0 Å². The molecule has 1 N–H and O–H groups in total. The number of benzene rings is 2. The molecular formula is C24H23BrN4. The van der Waals surface area contributed by atoms with Crippen molar-refractivity contribution in [3.05, 3.63) is 94.7 Å². The zero-order valence-corrected chi connectivity index (χ0v) is 17.9. The summed E-state index contributed by atoms with van der Waals surface area (Å²) in [6.07, 6.45) is 3.71. The Balaban J connectivity index is 1.53. The number of hydrogen-bond acceptors (Lipinski definition) is 4. The maximum Gasteiger partial charge on any atom is 0.128 e. The lowest BCUT2D eigenvalue weighted by atomic mass is 10.1. The zero-order chi connectivity index (χ0) is 20.1. The second-order valence-corrected chi connectivity index (χ2v) is 7.82. The van der Waals surface area contributed by atoms with Gasteiger partial charge in [-0.3, -0.25) is 4.98 Å². The highest BCUT2D eigenvalue weighted by Crippen LogP contribution is 2.31. The molecule has 2 aromatic carbocycles. The number of rotatable bonds is 7. The van der Waals surface area contributed by atoms with Gasteiger partial charge < -0.3 is 10.2 Å². The van der Waals surface area contributed by atoms with Gasteiger partial charge >= 0.3 is 0 Å². The normalized spacial score (nSPS) is 10.8. The first kappa shape index (κ1) is 19.4. The largest absolute Gasteiger partial charge is 0.383 e. The molecule has 4 aromatic rings. The third kappa shape index (κ3) is 4.57. The highest BCUT2D eigenvalue weighted by atomic mass is 79.9. The molecular weight excluding hydrogens is 424 g/mol. The Bertz CT molecular complexity index is 1080. The third-order valence-electron chi connectivity index (χ3n) is 4.93. The fourth-order valence-electron chi connectivity index (χ4n) is 3.46. The number of aromatic nitrogens is 2. The number of hydrogen-bond donors (Lipinski definition) is 1. The Hall–Kier alpha value is -2.92. The molecule has 0 radical (unpaired) electrons. The molecule has 146 valence electrons. The van der Waals surface area contributed by atoms with Gasteiger partial charge in [-0.05, 0) is 42.3 Å². The van der Waals surface area contributed by atoms with E-state index in [2.05, 4.69) is 85.5 Å². The molecule has 0 spiro atoms. The molecule has 5 heteroatoms. The highest BCUT2D eigenvalue weighted by molar-refractivity contribution is 9.10. The van der Waals surface area contributed by atoms with Crippen LogP contribution in [0.15, 0.2) is 83.6 Å². The number of anilines is 2. The van der Waals surface area contributed by atoms with Crippen molar-refractivity contribution in [1.82, 2.24) is 9.97 Å². The van der Waals surface area contributed by atoms with E-state index in [9.17, 15) is 0 Å². The molecule has 2 heterocycles. The van der Waals surface area contributed by atoms with E-state index in [1.54, 1.807) is 0 Å². The summed E-state index contributed by atoms with van der Waals surface area (Å²) >= 11 is 3.68. The summed E-state index contributed by atoms with van der Waals surface area (Å²) in [5, 5.41) is 4.73. The number of fused-ring (bicyclic) bond motifs is 1. The Kier molecular flexibility index (Phi) is 6.06. The average molecular weight is 447 g/mol. The molecule has 0 atom stereocenters. The predicted molar refractivity (Wildman–Crippen MR) is 124 cm³/mol. The number of pyridine rings is 2. The number of nitrogens with zero attached hydrogens (tertiary/aromatic N) is 3. The maximum atomic E-state index is 4.56. The van der Waals surface area contributed by atoms with E-state index in [1.807, 2.05) is 36.7 Å². The molecule has 0 fully saturated rings. The smallest absolute Gasteiger partial charge is 0.128 e. The van der Waals surface area contributed by atoms with Crippen LogP contribution in [0.1, 0.15) is 11.1 Å². The van der Waals surface area contributed by atoms with E-state index in [4.69, 9.17) is 0 Å². The van der Waals surface area contributed by atoms with Crippen molar-refractivity contribution in [2.45, 2.75) is 13.5 Å². The second kappa shape index (κ2) is 9.05. The predicted octanol–water partition coefficient (Wildman–Crippen LogP) is 5.82. The van der Waals surface area contributed by atoms with Crippen LogP contribution in [0.2, 0.25) is 0 Å². The van der Waals surface area contributed by atoms with Crippen molar-refractivity contribution in [2.24, 2.45) is 0 Å². The fourth-order valence-corrected chi connectivity index (χ4v) is 3.99. The summed E-state index contributed by atoms with van der Waals surface area (Å²) in [7, 11) is 0. The SMILES string of the molecule is Cc1ccc(Br)c2c(NCCN(Cc3ccccc3)c3ccccn3)ccnc12. The molecule has 29 heavy (non-hydrogen) atoms. The van der Waals surface area contributed by atoms with Crippen molar-refractivity contribution in [1.29, 1.82) is 0 Å². The Morgan fingerprint density at radius 2 is 1.72 bits per heavy atom. The Morgan fingerprint density at radius 1 is 0.897 bits per heavy atom. The molecule has 0 saturated heterocycles. The van der Waals surface area contributed by atoms with Crippen LogP contribution >= 0.6 is 15.9 Å². The lowest BCUT2D eigenvalue weighted by Gasteiger charge is -2.24. The third-order valence-corrected chi connectivity index (χ3v) is 5.59. The van der Waals surface area contributed by atoms with Crippen LogP contribution < -0.4 is 10.2 Å². The summed E-state index contributed by atoms with van der Waals surface area (Å²) in [6.45, 7) is 4.54. The molecule has 0 unspecified atom stereocenters. The van der Waals surface area contributed by atoms with Gasteiger partial charge in [-0.1, -0.05) is 58.4 Å². The summed E-state index contributed by atoms with van der Waals surface area (Å²) in [4.78, 5) is 11.4. The topological polar surface area (TPSA) is 41.0 Å². The molecule has 0 amide bonds. The van der Waals surface area contributed by atoms with Crippen LogP contribution in [0.25, 0.3) is 10.9 Å². The molecule has 0 aliphatic rings. The lowest BCUT2D eigenvalue weighted by Crippen LogP contribution is -2.29. The monoisotopic (exact) mass is 446 g/mol. The zero-order valence-electron chi connectivity index (χ0n) is 16.3. The summed E-state index contributed by atoms with van der Waals surface area (Å²) in [5.74, 6) is 0.981. The number of halogens is 1. The van der Waals surface area contributed by atoms with E-state index < -0.39 is 0 Å². The van der Waals surface area contributed by atoms with Crippen LogP contribution in [-0.4, -0.2) is 23.1 Å². The number of nitrogens with one attached hydrogen (secondary N) is 1. The van der Waals surface area contributed by atoms with E-state index in [0.717, 1.165) is 46.5 Å². The summed E-state index contributed by atoms with van der Waals surface area (Å²) in [6, 6.07) is 22.8. The minimum atomic E-state index is 0.795. The van der Waals surface area contributed by atoms with E-state index in [-0.39, 0.29) is 0 Å². The first-order valence-corrected chi connectivity index (χ1v) is 10.5. The van der Waals surface area contributed by atoms with Crippen molar-refractivity contribution in [3.8, 4) is 0 Å². The molecule has 0 aliphatic carbocycles. The van der Waals surface area contributed by atoms with Gasteiger partial charge in [0.25, 0.3) is 0 Å². The minimum Gasteiger partial charge on any atom is -0.383 e. The molecule has 0 aliphatic heterocycles. The standard InChI is InChI=1S/C24H23BrN4/c1-18-10-11-20(25)23-21(12-14-28-24(18)23)26-15-16-29(22-9-5-6-13-27-22)17-19-7-3-2-4-8-19/h2-14H,15-17H2,1H3,(H,26,28). The van der Waals surface area contributed by atoms with Gasteiger partial charge in [0.2, 0.25) is 0 Å². The lowest BCUT2D eigenvalue weighted by molar-refractivity contribution is 0.790. The van der Waals surface area contributed by atoms with Crippen LogP contribution in [0.4, 0.5) is 11.5 Å². The molecule has 4 rings (SSSR count). The quantitative estimate of drug-likeness (QED) is 0.388. The van der Waals surface area contributed by atoms with Gasteiger partial charge in [0, 0.05) is 47.6 Å². The maximum absolute atomic E-state index is 4.56. The summed E-state index contributed by atoms with van der Waals surface area (Å²) < 4.78 is 1.06. The van der Waals surface area contributed by atoms with Crippen LogP contribution in [0.3, 0.4) is 0 Å². The van der Waals surface area contributed by atoms with E-state index in [0.29, 0.717) is 0 Å². The Labute approximate surface area is 179 Å². The van der Waals surface area contributed by atoms with Crippen molar-refractivity contribution >= 4 is 38.3 Å². The van der Waals surface area contributed by atoms with Gasteiger partial charge in [0.15, 0.2) is 0 Å². The molecule has 2 aromatic heterocycles. The number of aryl methyl sites for hydroxylation is 1. The van der Waals surface area contributed by atoms with Crippen LogP contribution in [-0.2, 0) is 6.54 Å². The summed E-state index contributed by atoms with van der Waals surface area (Å²) in [5.41, 5.74) is 4.55. The highest BCUT2D eigenvalue weighted by Gasteiger charge is 2.11.